The van der Waals surface area contributed by atoms with Gasteiger partial charge in [-0.3, -0.25) is 4.31 Å². The topological polar surface area (TPSA) is 64.3 Å². The van der Waals surface area contributed by atoms with Crippen LogP contribution in [0.2, 0.25) is 5.02 Å². The van der Waals surface area contributed by atoms with Gasteiger partial charge < -0.3 is 5.21 Å². The fraction of sp³-hybridized carbons (Fsp3) is 0.154. The number of hydrogen-bond acceptors (Lipinski definition) is 3. The monoisotopic (exact) mass is 348 g/mol. The maximum atomic E-state index is 13.8. The molecule has 0 saturated heterocycles. The number of sulfonamides is 1. The molecule has 0 N–H and O–H groups in total. The van der Waals surface area contributed by atoms with Gasteiger partial charge >= 0.3 is 15.0 Å². The first-order chi connectivity index (χ1) is 10.3. The number of benzene rings is 1. The highest BCUT2D eigenvalue weighted by Gasteiger charge is 2.34. The van der Waals surface area contributed by atoms with Crippen molar-refractivity contribution in [3.63, 3.8) is 0 Å². The van der Waals surface area contributed by atoms with Gasteiger partial charge in [-0.25, -0.2) is 8.78 Å². The van der Waals surface area contributed by atoms with Crippen molar-refractivity contribution >= 4 is 27.3 Å². The summed E-state index contributed by atoms with van der Waals surface area (Å²) in [6.07, 6.45) is 0.847. The average molecular weight is 349 g/mol. The Kier molecular flexibility index (Phi) is 4.52. The summed E-state index contributed by atoms with van der Waals surface area (Å²) >= 11 is 5.60. The second-order valence-electron chi connectivity index (χ2n) is 4.25. The molecule has 1 aromatic heterocycles. The van der Waals surface area contributed by atoms with Crippen LogP contribution in [0.4, 0.5) is 14.5 Å². The molecule has 0 atom stereocenters. The van der Waals surface area contributed by atoms with Gasteiger partial charge in [0.25, 0.3) is 0 Å². The summed E-state index contributed by atoms with van der Waals surface area (Å²) < 4.78 is 53.3. The third-order valence-electron chi connectivity index (χ3n) is 2.87. The molecule has 0 radical (unpaired) electrons. The van der Waals surface area contributed by atoms with Crippen LogP contribution in [0.1, 0.15) is 6.92 Å². The van der Waals surface area contributed by atoms with E-state index in [4.69, 9.17) is 11.6 Å². The lowest BCUT2D eigenvalue weighted by Crippen LogP contribution is -2.41. The summed E-state index contributed by atoms with van der Waals surface area (Å²) in [4.78, 5) is 0. The summed E-state index contributed by atoms with van der Waals surface area (Å²) in [7, 11) is -4.45. The van der Waals surface area contributed by atoms with Crippen LogP contribution in [0, 0.1) is 16.8 Å². The predicted octanol–water partition coefficient (Wildman–Crippen LogP) is 2.47. The Morgan fingerprint density at radius 1 is 1.23 bits per heavy atom. The Bertz CT molecular complexity index is 795. The zero-order chi connectivity index (χ0) is 16.5. The van der Waals surface area contributed by atoms with Crippen molar-refractivity contribution in [2.24, 2.45) is 0 Å². The van der Waals surface area contributed by atoms with E-state index in [-0.39, 0.29) is 16.3 Å². The Labute approximate surface area is 131 Å². The van der Waals surface area contributed by atoms with Crippen LogP contribution in [0.5, 0.6) is 0 Å². The van der Waals surface area contributed by atoms with E-state index in [0.29, 0.717) is 4.31 Å². The van der Waals surface area contributed by atoms with Gasteiger partial charge in [0.2, 0.25) is 0 Å². The molecule has 0 spiro atoms. The molecule has 0 aliphatic rings. The van der Waals surface area contributed by atoms with E-state index < -0.39 is 32.4 Å². The van der Waals surface area contributed by atoms with E-state index in [1.165, 1.54) is 13.0 Å². The van der Waals surface area contributed by atoms with E-state index in [0.717, 1.165) is 30.5 Å². The molecule has 0 aliphatic carbocycles. The van der Waals surface area contributed by atoms with E-state index in [2.05, 4.69) is 0 Å². The lowest BCUT2D eigenvalue weighted by atomic mass is 10.3. The molecule has 0 unspecified atom stereocenters. The smallest absolute Gasteiger partial charge is 0.329 e. The Balaban J connectivity index is 2.64. The number of aromatic nitrogens is 1. The molecule has 0 amide bonds. The van der Waals surface area contributed by atoms with Crippen molar-refractivity contribution in [2.75, 3.05) is 10.8 Å². The molecule has 0 aliphatic heterocycles. The fourth-order valence-corrected chi connectivity index (χ4v) is 3.58. The van der Waals surface area contributed by atoms with E-state index in [9.17, 15) is 22.4 Å². The Morgan fingerprint density at radius 2 is 1.82 bits per heavy atom. The number of hydrogen-bond donors (Lipinski definition) is 0. The normalized spacial score (nSPS) is 11.5. The van der Waals surface area contributed by atoms with Crippen molar-refractivity contribution in [1.29, 1.82) is 0 Å². The van der Waals surface area contributed by atoms with Gasteiger partial charge in [-0.1, -0.05) is 17.7 Å². The van der Waals surface area contributed by atoms with Crippen LogP contribution in [-0.4, -0.2) is 15.0 Å². The first kappa shape index (κ1) is 16.4. The molecule has 0 saturated carbocycles. The van der Waals surface area contributed by atoms with Crippen molar-refractivity contribution < 1.29 is 21.9 Å². The molecule has 0 bridgehead atoms. The van der Waals surface area contributed by atoms with Gasteiger partial charge in [-0.2, -0.15) is 13.1 Å². The van der Waals surface area contributed by atoms with E-state index >= 15 is 0 Å². The SMILES string of the molecule is CCN(c1c(F)cccc1F)S(=O)(=O)c1ccc(Cl)c[n+]1[O-]. The third-order valence-corrected chi connectivity index (χ3v) is 4.96. The highest BCUT2D eigenvalue weighted by Crippen LogP contribution is 2.28. The minimum absolute atomic E-state index is 0.0362. The van der Waals surface area contributed by atoms with Gasteiger partial charge in [0, 0.05) is 12.6 Å². The molecule has 1 heterocycles. The molecule has 9 heteroatoms. The van der Waals surface area contributed by atoms with Crippen molar-refractivity contribution in [2.45, 2.75) is 11.9 Å². The van der Waals surface area contributed by atoms with E-state index in [1.807, 2.05) is 0 Å². The fourth-order valence-electron chi connectivity index (χ4n) is 1.93. The Hall–Kier alpha value is -1.93. The summed E-state index contributed by atoms with van der Waals surface area (Å²) in [5, 5.41) is 11.1. The van der Waals surface area contributed by atoms with Gasteiger partial charge in [0.05, 0.1) is 0 Å². The van der Waals surface area contributed by atoms with Gasteiger partial charge in [-0.15, -0.1) is 0 Å². The van der Waals surface area contributed by atoms with Gasteiger partial charge in [0.1, 0.15) is 10.7 Å². The molecule has 0 fully saturated rings. The number of nitrogens with zero attached hydrogens (tertiary/aromatic N) is 2. The van der Waals surface area contributed by atoms with Crippen molar-refractivity contribution in [3.8, 4) is 0 Å². The number of anilines is 1. The minimum atomic E-state index is -4.45. The summed E-state index contributed by atoms with van der Waals surface area (Å²) in [6, 6.07) is 5.17. The second-order valence-corrected chi connectivity index (χ2v) is 6.50. The maximum absolute atomic E-state index is 13.8. The minimum Gasteiger partial charge on any atom is -0.618 e. The Morgan fingerprint density at radius 3 is 2.32 bits per heavy atom. The van der Waals surface area contributed by atoms with Crippen molar-refractivity contribution in [1.82, 2.24) is 0 Å². The standard InChI is InChI=1S/C13H11ClF2N2O3S/c1-2-18(13-10(15)4-3-5-11(13)16)22(20,21)12-7-6-9(14)8-17(12)19/h3-8H,2H2,1H3. The summed E-state index contributed by atoms with van der Waals surface area (Å²) in [5.41, 5.74) is -0.736. The quantitative estimate of drug-likeness (QED) is 0.630. The first-order valence-corrected chi connectivity index (χ1v) is 7.96. The number of halogens is 3. The van der Waals surface area contributed by atoms with E-state index in [1.54, 1.807) is 0 Å². The summed E-state index contributed by atoms with van der Waals surface area (Å²) in [6.45, 7) is 1.14. The van der Waals surface area contributed by atoms with Crippen LogP contribution in [0.25, 0.3) is 0 Å². The second kappa shape index (κ2) is 6.05. The molecule has 118 valence electrons. The van der Waals surface area contributed by atoms with Gasteiger partial charge in [-0.05, 0) is 25.1 Å². The van der Waals surface area contributed by atoms with Crippen molar-refractivity contribution in [3.05, 3.63) is 58.4 Å². The zero-order valence-corrected chi connectivity index (χ0v) is 12.9. The van der Waals surface area contributed by atoms with Crippen LogP contribution in [0.3, 0.4) is 0 Å². The molecular weight excluding hydrogens is 338 g/mol. The average Bonchev–Trinajstić information content (AvgIpc) is 2.42. The maximum Gasteiger partial charge on any atom is 0.329 e. The molecule has 1 aromatic carbocycles. The lowest BCUT2D eigenvalue weighted by Gasteiger charge is -2.22. The van der Waals surface area contributed by atoms with Gasteiger partial charge in [0.15, 0.2) is 17.8 Å². The van der Waals surface area contributed by atoms with Crippen LogP contribution >= 0.6 is 11.6 Å². The molecule has 22 heavy (non-hydrogen) atoms. The molecular formula is C13H11ClF2N2O3S. The number of para-hydroxylation sites is 1. The first-order valence-electron chi connectivity index (χ1n) is 6.14. The van der Waals surface area contributed by atoms with Crippen LogP contribution in [0.15, 0.2) is 41.6 Å². The molecule has 2 rings (SSSR count). The molecule has 5 nitrogen and oxygen atoms in total. The summed E-state index contributed by atoms with van der Waals surface area (Å²) in [5.74, 6) is -2.09. The van der Waals surface area contributed by atoms with Crippen LogP contribution in [-0.2, 0) is 10.0 Å². The lowest BCUT2D eigenvalue weighted by molar-refractivity contribution is -0.646. The van der Waals surface area contributed by atoms with Crippen LogP contribution < -0.4 is 9.04 Å². The third kappa shape index (κ3) is 2.84. The molecule has 2 aromatic rings. The zero-order valence-electron chi connectivity index (χ0n) is 11.3. The highest BCUT2D eigenvalue weighted by molar-refractivity contribution is 7.92. The number of rotatable bonds is 4. The highest BCUT2D eigenvalue weighted by atomic mass is 35.5. The number of pyridine rings is 1. The predicted molar refractivity (Wildman–Crippen MR) is 77.0 cm³/mol. The largest absolute Gasteiger partial charge is 0.618 e.